The number of alkyl halides is 1. The topological polar surface area (TPSA) is 67.4 Å². The Balaban J connectivity index is 2.66. The predicted molar refractivity (Wildman–Crippen MR) is 70.1 cm³/mol. The maximum Gasteiger partial charge on any atom is 0.339 e. The highest BCUT2D eigenvalue weighted by molar-refractivity contribution is 6.17. The van der Waals surface area contributed by atoms with E-state index in [0.717, 1.165) is 0 Å². The van der Waals surface area contributed by atoms with Crippen LogP contribution in [-0.2, 0) is 4.74 Å². The summed E-state index contributed by atoms with van der Waals surface area (Å²) in [6, 6.07) is 6.26. The zero-order valence-electron chi connectivity index (χ0n) is 10.0. The van der Waals surface area contributed by atoms with Gasteiger partial charge in [0, 0.05) is 12.4 Å². The molecule has 0 unspecified atom stereocenters. The fourth-order valence-electron chi connectivity index (χ4n) is 1.32. The van der Waals surface area contributed by atoms with E-state index >= 15 is 0 Å². The molecule has 18 heavy (non-hydrogen) atoms. The van der Waals surface area contributed by atoms with Crippen LogP contribution in [0.5, 0.6) is 0 Å². The first kappa shape index (κ1) is 14.3. The molecule has 0 saturated heterocycles. The minimum Gasteiger partial charge on any atom is -0.465 e. The minimum absolute atomic E-state index is 0.312. The molecule has 98 valence electrons. The van der Waals surface area contributed by atoms with E-state index in [1.807, 2.05) is 0 Å². The lowest BCUT2D eigenvalue weighted by Crippen LogP contribution is -2.30. The van der Waals surface area contributed by atoms with Crippen LogP contribution in [0.15, 0.2) is 24.3 Å². The fourth-order valence-corrected chi connectivity index (χ4v) is 1.45. The van der Waals surface area contributed by atoms with E-state index < -0.39 is 5.97 Å². The largest absolute Gasteiger partial charge is 0.465 e. The van der Waals surface area contributed by atoms with Gasteiger partial charge in [0.1, 0.15) is 0 Å². The number of carbonyl (C=O) groups excluding carboxylic acids is 2. The molecular formula is C12H15ClN2O3. The Kier molecular flexibility index (Phi) is 6.00. The van der Waals surface area contributed by atoms with Crippen molar-refractivity contribution < 1.29 is 14.3 Å². The van der Waals surface area contributed by atoms with Crippen molar-refractivity contribution in [3.05, 3.63) is 29.8 Å². The van der Waals surface area contributed by atoms with Gasteiger partial charge in [-0.25, -0.2) is 9.59 Å². The SMILES string of the molecule is COC(=O)c1ccccc1NC(=O)NCCCCl. The van der Waals surface area contributed by atoms with E-state index in [1.165, 1.54) is 7.11 Å². The molecule has 0 bridgehead atoms. The van der Waals surface area contributed by atoms with Crippen LogP contribution in [0.2, 0.25) is 0 Å². The van der Waals surface area contributed by atoms with Gasteiger partial charge < -0.3 is 15.4 Å². The lowest BCUT2D eigenvalue weighted by Gasteiger charge is -2.10. The monoisotopic (exact) mass is 270 g/mol. The first-order valence-electron chi connectivity index (χ1n) is 5.47. The van der Waals surface area contributed by atoms with Crippen molar-refractivity contribution in [2.24, 2.45) is 0 Å². The Bertz CT molecular complexity index is 424. The molecule has 1 aromatic rings. The Hall–Kier alpha value is -1.75. The quantitative estimate of drug-likeness (QED) is 0.490. The Morgan fingerprint density at radius 2 is 2.06 bits per heavy atom. The second-order valence-electron chi connectivity index (χ2n) is 3.46. The van der Waals surface area contributed by atoms with Crippen LogP contribution in [0.4, 0.5) is 10.5 Å². The molecule has 0 aromatic heterocycles. The number of rotatable bonds is 5. The molecule has 1 aromatic carbocycles. The summed E-state index contributed by atoms with van der Waals surface area (Å²) >= 11 is 5.50. The normalized spacial score (nSPS) is 9.67. The number of benzene rings is 1. The number of hydrogen-bond donors (Lipinski definition) is 2. The third-order valence-corrected chi connectivity index (χ3v) is 2.44. The van der Waals surface area contributed by atoms with Gasteiger partial charge in [0.2, 0.25) is 0 Å². The summed E-state index contributed by atoms with van der Waals surface area (Å²) < 4.78 is 4.63. The number of anilines is 1. The van der Waals surface area contributed by atoms with Crippen LogP contribution in [0.3, 0.4) is 0 Å². The third kappa shape index (κ3) is 4.25. The zero-order valence-corrected chi connectivity index (χ0v) is 10.8. The van der Waals surface area contributed by atoms with Crippen LogP contribution >= 0.6 is 11.6 Å². The average Bonchev–Trinajstić information content (AvgIpc) is 2.39. The van der Waals surface area contributed by atoms with E-state index in [-0.39, 0.29) is 6.03 Å². The van der Waals surface area contributed by atoms with Crippen molar-refractivity contribution in [1.82, 2.24) is 5.32 Å². The molecule has 1 rings (SSSR count). The Morgan fingerprint density at radius 1 is 1.33 bits per heavy atom. The average molecular weight is 271 g/mol. The van der Waals surface area contributed by atoms with E-state index in [9.17, 15) is 9.59 Å². The molecular weight excluding hydrogens is 256 g/mol. The molecule has 6 heteroatoms. The lowest BCUT2D eigenvalue weighted by molar-refractivity contribution is 0.0602. The number of ether oxygens (including phenoxy) is 1. The van der Waals surface area contributed by atoms with E-state index in [1.54, 1.807) is 24.3 Å². The molecule has 5 nitrogen and oxygen atoms in total. The predicted octanol–water partition coefficient (Wildman–Crippen LogP) is 2.22. The van der Waals surface area contributed by atoms with E-state index in [4.69, 9.17) is 11.6 Å². The zero-order chi connectivity index (χ0) is 13.4. The Morgan fingerprint density at radius 3 is 2.72 bits per heavy atom. The number of nitrogens with one attached hydrogen (secondary N) is 2. The molecule has 0 radical (unpaired) electrons. The highest BCUT2D eigenvalue weighted by Gasteiger charge is 2.12. The van der Waals surface area contributed by atoms with Gasteiger partial charge in [0.25, 0.3) is 0 Å². The van der Waals surface area contributed by atoms with Crippen molar-refractivity contribution in [2.45, 2.75) is 6.42 Å². The van der Waals surface area contributed by atoms with Gasteiger partial charge in [-0.1, -0.05) is 12.1 Å². The molecule has 0 aliphatic carbocycles. The fraction of sp³-hybridized carbons (Fsp3) is 0.333. The summed E-state index contributed by atoms with van der Waals surface area (Å²) in [7, 11) is 1.29. The number of carbonyl (C=O) groups is 2. The number of methoxy groups -OCH3 is 1. The molecule has 0 heterocycles. The van der Waals surface area contributed by atoms with Crippen molar-refractivity contribution in [3.63, 3.8) is 0 Å². The van der Waals surface area contributed by atoms with E-state index in [2.05, 4.69) is 15.4 Å². The summed E-state index contributed by atoms with van der Waals surface area (Å²) in [4.78, 5) is 23.0. The van der Waals surface area contributed by atoms with Gasteiger partial charge in [0.15, 0.2) is 0 Å². The van der Waals surface area contributed by atoms with Gasteiger partial charge in [-0.15, -0.1) is 11.6 Å². The molecule has 0 aliphatic rings. The minimum atomic E-state index is -0.494. The second kappa shape index (κ2) is 7.55. The van der Waals surface area contributed by atoms with Crippen LogP contribution in [-0.4, -0.2) is 31.5 Å². The van der Waals surface area contributed by atoms with Crippen LogP contribution < -0.4 is 10.6 Å². The third-order valence-electron chi connectivity index (χ3n) is 2.18. The van der Waals surface area contributed by atoms with Gasteiger partial charge in [0.05, 0.1) is 18.4 Å². The van der Waals surface area contributed by atoms with Gasteiger partial charge in [-0.2, -0.15) is 0 Å². The number of urea groups is 1. The Labute approximate surface area is 110 Å². The smallest absolute Gasteiger partial charge is 0.339 e. The van der Waals surface area contributed by atoms with Gasteiger partial charge >= 0.3 is 12.0 Å². The van der Waals surface area contributed by atoms with Crippen LogP contribution in [0.1, 0.15) is 16.8 Å². The van der Waals surface area contributed by atoms with Gasteiger partial charge in [-0.3, -0.25) is 0 Å². The van der Waals surface area contributed by atoms with Crippen molar-refractivity contribution in [1.29, 1.82) is 0 Å². The lowest BCUT2D eigenvalue weighted by atomic mass is 10.2. The molecule has 2 N–H and O–H groups in total. The second-order valence-corrected chi connectivity index (χ2v) is 3.84. The summed E-state index contributed by atoms with van der Waals surface area (Å²) in [6.45, 7) is 0.482. The molecule has 0 atom stereocenters. The molecule has 2 amide bonds. The number of amides is 2. The van der Waals surface area contributed by atoms with Crippen molar-refractivity contribution in [2.75, 3.05) is 24.9 Å². The molecule has 0 saturated carbocycles. The standard InChI is InChI=1S/C12H15ClN2O3/c1-18-11(16)9-5-2-3-6-10(9)15-12(17)14-8-4-7-13/h2-3,5-6H,4,7-8H2,1H3,(H2,14,15,17). The number of halogens is 1. The summed E-state index contributed by atoms with van der Waals surface area (Å²) in [5, 5.41) is 5.22. The summed E-state index contributed by atoms with van der Waals surface area (Å²) in [6.07, 6.45) is 0.688. The van der Waals surface area contributed by atoms with Crippen LogP contribution in [0, 0.1) is 0 Å². The van der Waals surface area contributed by atoms with E-state index in [0.29, 0.717) is 30.1 Å². The highest BCUT2D eigenvalue weighted by atomic mass is 35.5. The molecule has 0 spiro atoms. The highest BCUT2D eigenvalue weighted by Crippen LogP contribution is 2.15. The first-order chi connectivity index (χ1) is 8.69. The maximum atomic E-state index is 11.5. The summed E-state index contributed by atoms with van der Waals surface area (Å²) in [5.41, 5.74) is 0.722. The van der Waals surface area contributed by atoms with Crippen molar-refractivity contribution >= 4 is 29.3 Å². The number of hydrogen-bond acceptors (Lipinski definition) is 3. The van der Waals surface area contributed by atoms with Gasteiger partial charge in [-0.05, 0) is 18.6 Å². The summed E-state index contributed by atoms with van der Waals surface area (Å²) in [5.74, 6) is -0.00869. The van der Waals surface area contributed by atoms with Crippen LogP contribution in [0.25, 0.3) is 0 Å². The molecule has 0 fully saturated rings. The number of esters is 1. The number of para-hydroxylation sites is 1. The molecule has 0 aliphatic heterocycles. The first-order valence-corrected chi connectivity index (χ1v) is 6.00. The van der Waals surface area contributed by atoms with Crippen molar-refractivity contribution in [3.8, 4) is 0 Å². The maximum absolute atomic E-state index is 11.5.